The maximum Gasteiger partial charge on any atom is 0.232 e. The molecule has 1 fully saturated rings. The molecule has 0 aliphatic heterocycles. The smallest absolute Gasteiger partial charge is 0.232 e. The molecule has 21 heavy (non-hydrogen) atoms. The number of nitrogens with two attached hydrogens (primary N) is 1. The van der Waals surface area contributed by atoms with Crippen LogP contribution in [0.4, 0.5) is 5.95 Å². The van der Waals surface area contributed by atoms with Crippen molar-refractivity contribution in [1.29, 1.82) is 0 Å². The fourth-order valence-corrected chi connectivity index (χ4v) is 2.83. The van der Waals surface area contributed by atoms with Gasteiger partial charge >= 0.3 is 0 Å². The Kier molecular flexibility index (Phi) is 5.61. The molecule has 1 saturated carbocycles. The van der Waals surface area contributed by atoms with E-state index in [1.165, 1.54) is 0 Å². The van der Waals surface area contributed by atoms with Gasteiger partial charge in [0, 0.05) is 18.6 Å². The van der Waals surface area contributed by atoms with E-state index in [4.69, 9.17) is 15.2 Å². The van der Waals surface area contributed by atoms with Crippen molar-refractivity contribution in [2.24, 2.45) is 5.73 Å². The van der Waals surface area contributed by atoms with Crippen LogP contribution in [0.15, 0.2) is 6.07 Å². The lowest BCUT2D eigenvalue weighted by Crippen LogP contribution is -2.42. The fourth-order valence-electron chi connectivity index (χ4n) is 2.83. The molecule has 0 amide bonds. The highest BCUT2D eigenvalue weighted by Crippen LogP contribution is 2.28. The quantitative estimate of drug-likeness (QED) is 0.865. The second-order valence-electron chi connectivity index (χ2n) is 5.51. The van der Waals surface area contributed by atoms with E-state index < -0.39 is 0 Å². The van der Waals surface area contributed by atoms with Crippen LogP contribution >= 0.6 is 0 Å². The molecule has 2 rings (SSSR count). The summed E-state index contributed by atoms with van der Waals surface area (Å²) in [7, 11) is 3.21. The van der Waals surface area contributed by atoms with Crippen molar-refractivity contribution in [3.8, 4) is 11.8 Å². The summed E-state index contributed by atoms with van der Waals surface area (Å²) in [5, 5.41) is 0. The van der Waals surface area contributed by atoms with E-state index in [9.17, 15) is 0 Å². The molecule has 6 heteroatoms. The van der Waals surface area contributed by atoms with Crippen LogP contribution in [0, 0.1) is 0 Å². The van der Waals surface area contributed by atoms with Crippen molar-refractivity contribution in [2.45, 2.75) is 51.1 Å². The molecule has 0 bridgehead atoms. The lowest BCUT2D eigenvalue weighted by atomic mass is 9.91. The van der Waals surface area contributed by atoms with Gasteiger partial charge in [0.15, 0.2) is 0 Å². The van der Waals surface area contributed by atoms with Crippen molar-refractivity contribution in [1.82, 2.24) is 9.97 Å². The molecule has 1 aromatic rings. The van der Waals surface area contributed by atoms with Gasteiger partial charge < -0.3 is 20.1 Å². The molecule has 118 valence electrons. The van der Waals surface area contributed by atoms with Gasteiger partial charge in [0.05, 0.1) is 20.3 Å². The van der Waals surface area contributed by atoms with Crippen LogP contribution in [0.2, 0.25) is 0 Å². The zero-order valence-corrected chi connectivity index (χ0v) is 13.2. The summed E-state index contributed by atoms with van der Waals surface area (Å²) in [4.78, 5) is 11.3. The van der Waals surface area contributed by atoms with Gasteiger partial charge in [-0.05, 0) is 32.1 Å². The summed E-state index contributed by atoms with van der Waals surface area (Å²) < 4.78 is 10.5. The Morgan fingerprint density at radius 2 is 1.71 bits per heavy atom. The van der Waals surface area contributed by atoms with E-state index in [0.717, 1.165) is 38.6 Å². The third-order valence-corrected chi connectivity index (χ3v) is 3.99. The Morgan fingerprint density at radius 3 is 2.19 bits per heavy atom. The first-order chi connectivity index (χ1) is 10.2. The van der Waals surface area contributed by atoms with Crippen LogP contribution in [0.25, 0.3) is 0 Å². The second kappa shape index (κ2) is 7.45. The third-order valence-electron chi connectivity index (χ3n) is 3.99. The predicted octanol–water partition coefficient (Wildman–Crippen LogP) is 1.98. The Hall–Kier alpha value is -1.56. The van der Waals surface area contributed by atoms with Crippen LogP contribution in [0.3, 0.4) is 0 Å². The number of ether oxygens (including phenoxy) is 2. The van der Waals surface area contributed by atoms with E-state index in [1.807, 2.05) is 0 Å². The van der Waals surface area contributed by atoms with Gasteiger partial charge in [0.2, 0.25) is 17.7 Å². The molecule has 0 spiro atoms. The van der Waals surface area contributed by atoms with Crippen molar-refractivity contribution in [3.63, 3.8) is 0 Å². The molecule has 0 aromatic carbocycles. The Bertz CT molecular complexity index is 425. The van der Waals surface area contributed by atoms with Gasteiger partial charge in [-0.1, -0.05) is 6.92 Å². The Labute approximate surface area is 126 Å². The molecule has 6 nitrogen and oxygen atoms in total. The molecule has 1 aliphatic rings. The molecule has 0 atom stereocenters. The first kappa shape index (κ1) is 15.8. The van der Waals surface area contributed by atoms with E-state index in [-0.39, 0.29) is 0 Å². The van der Waals surface area contributed by atoms with Crippen molar-refractivity contribution in [3.05, 3.63) is 6.07 Å². The van der Waals surface area contributed by atoms with Gasteiger partial charge in [-0.15, -0.1) is 0 Å². The number of nitrogens with zero attached hydrogens (tertiary/aromatic N) is 3. The van der Waals surface area contributed by atoms with Gasteiger partial charge in [-0.3, -0.25) is 0 Å². The van der Waals surface area contributed by atoms with Gasteiger partial charge in [-0.25, -0.2) is 0 Å². The molecular weight excluding hydrogens is 268 g/mol. The lowest BCUT2D eigenvalue weighted by molar-refractivity contribution is 0.357. The number of rotatable bonds is 6. The normalized spacial score (nSPS) is 21.9. The molecule has 2 N–H and O–H groups in total. The minimum Gasteiger partial charge on any atom is -0.481 e. The van der Waals surface area contributed by atoms with Gasteiger partial charge in [0.1, 0.15) is 0 Å². The molecule has 1 aromatic heterocycles. The van der Waals surface area contributed by atoms with E-state index >= 15 is 0 Å². The number of hydrogen-bond donors (Lipinski definition) is 1. The Balaban J connectivity index is 2.24. The highest BCUT2D eigenvalue weighted by Gasteiger charge is 2.26. The monoisotopic (exact) mass is 294 g/mol. The molecule has 1 heterocycles. The summed E-state index contributed by atoms with van der Waals surface area (Å²) in [5.74, 6) is 1.75. The largest absolute Gasteiger partial charge is 0.481 e. The number of aromatic nitrogens is 2. The molecule has 1 aliphatic carbocycles. The lowest BCUT2D eigenvalue weighted by Gasteiger charge is -2.36. The SMILES string of the molecule is CCCN(c1nc(OC)cc(OC)n1)C1CCC(N)CC1. The maximum absolute atomic E-state index is 6.01. The number of methoxy groups -OCH3 is 2. The van der Waals surface area contributed by atoms with Crippen LogP contribution in [-0.4, -0.2) is 42.8 Å². The predicted molar refractivity (Wildman–Crippen MR) is 83.0 cm³/mol. The highest BCUT2D eigenvalue weighted by atomic mass is 16.5. The minimum absolute atomic E-state index is 0.338. The van der Waals surface area contributed by atoms with Crippen LogP contribution in [0.5, 0.6) is 11.8 Å². The van der Waals surface area contributed by atoms with E-state index in [2.05, 4.69) is 21.8 Å². The average Bonchev–Trinajstić information content (AvgIpc) is 2.53. The second-order valence-corrected chi connectivity index (χ2v) is 5.51. The summed E-state index contributed by atoms with van der Waals surface area (Å²) in [5.41, 5.74) is 6.01. The zero-order chi connectivity index (χ0) is 15.2. The molecule has 0 radical (unpaired) electrons. The molecular formula is C15H26N4O2. The van der Waals surface area contributed by atoms with Crippen molar-refractivity contribution < 1.29 is 9.47 Å². The molecule has 0 saturated heterocycles. The van der Waals surface area contributed by atoms with Crippen molar-refractivity contribution in [2.75, 3.05) is 25.7 Å². The first-order valence-corrected chi connectivity index (χ1v) is 7.67. The summed E-state index contributed by atoms with van der Waals surface area (Å²) in [6, 6.07) is 2.48. The summed E-state index contributed by atoms with van der Waals surface area (Å²) >= 11 is 0. The average molecular weight is 294 g/mol. The molecule has 0 unspecified atom stereocenters. The van der Waals surface area contributed by atoms with E-state index in [1.54, 1.807) is 20.3 Å². The third kappa shape index (κ3) is 3.97. The van der Waals surface area contributed by atoms with Gasteiger partial charge in [-0.2, -0.15) is 9.97 Å². The Morgan fingerprint density at radius 1 is 1.14 bits per heavy atom. The van der Waals surface area contributed by atoms with Crippen LogP contribution in [0.1, 0.15) is 39.0 Å². The van der Waals surface area contributed by atoms with E-state index in [0.29, 0.717) is 29.8 Å². The summed E-state index contributed by atoms with van der Waals surface area (Å²) in [6.07, 6.45) is 5.34. The standard InChI is InChI=1S/C15H26N4O2/c1-4-9-19(12-7-5-11(16)6-8-12)15-17-13(20-2)10-14(18-15)21-3/h10-12H,4-9,16H2,1-3H3. The highest BCUT2D eigenvalue weighted by molar-refractivity contribution is 5.38. The maximum atomic E-state index is 6.01. The summed E-state index contributed by atoms with van der Waals surface area (Å²) in [6.45, 7) is 3.09. The number of hydrogen-bond acceptors (Lipinski definition) is 6. The minimum atomic E-state index is 0.338. The number of anilines is 1. The van der Waals surface area contributed by atoms with Gasteiger partial charge in [0.25, 0.3) is 0 Å². The van der Waals surface area contributed by atoms with Crippen LogP contribution in [-0.2, 0) is 0 Å². The van der Waals surface area contributed by atoms with Crippen molar-refractivity contribution >= 4 is 5.95 Å². The first-order valence-electron chi connectivity index (χ1n) is 7.67. The topological polar surface area (TPSA) is 73.5 Å². The zero-order valence-electron chi connectivity index (χ0n) is 13.2. The fraction of sp³-hybridized carbons (Fsp3) is 0.733. The van der Waals surface area contributed by atoms with Crippen LogP contribution < -0.4 is 20.1 Å².